The molecule has 17 heavy (non-hydrogen) atoms. The Hall–Kier alpha value is -1.55. The Labute approximate surface area is 103 Å². The second kappa shape index (κ2) is 6.91. The Morgan fingerprint density at radius 2 is 2.00 bits per heavy atom. The van der Waals surface area contributed by atoms with Gasteiger partial charge in [-0.15, -0.1) is 0 Å². The lowest BCUT2D eigenvalue weighted by atomic mass is 10.2. The van der Waals surface area contributed by atoms with Crippen LogP contribution in [0.2, 0.25) is 0 Å². The van der Waals surface area contributed by atoms with Crippen molar-refractivity contribution >= 4 is 6.03 Å². The highest BCUT2D eigenvalue weighted by atomic mass is 16.2. The van der Waals surface area contributed by atoms with Gasteiger partial charge in [0.2, 0.25) is 0 Å². The van der Waals surface area contributed by atoms with E-state index in [0.29, 0.717) is 19.6 Å². The van der Waals surface area contributed by atoms with Crippen molar-refractivity contribution in [3.8, 4) is 0 Å². The van der Waals surface area contributed by atoms with E-state index in [9.17, 15) is 4.79 Å². The van der Waals surface area contributed by atoms with Crippen molar-refractivity contribution in [2.45, 2.75) is 26.4 Å². The largest absolute Gasteiger partial charge is 0.334 e. The molecule has 0 bridgehead atoms. The molecule has 0 radical (unpaired) electrons. The zero-order valence-corrected chi connectivity index (χ0v) is 10.5. The van der Waals surface area contributed by atoms with Crippen LogP contribution in [0.3, 0.4) is 0 Å². The number of urea groups is 1. The maximum absolute atomic E-state index is 11.9. The van der Waals surface area contributed by atoms with Crippen molar-refractivity contribution in [1.29, 1.82) is 0 Å². The van der Waals surface area contributed by atoms with E-state index in [-0.39, 0.29) is 12.1 Å². The smallest absolute Gasteiger partial charge is 0.317 e. The predicted octanol–water partition coefficient (Wildman–Crippen LogP) is 1.57. The molecule has 2 amide bonds. The van der Waals surface area contributed by atoms with E-state index in [4.69, 9.17) is 5.73 Å². The third kappa shape index (κ3) is 4.44. The Balaban J connectivity index is 2.47. The minimum Gasteiger partial charge on any atom is -0.334 e. The maximum atomic E-state index is 11.9. The van der Waals surface area contributed by atoms with Crippen LogP contribution in [0.15, 0.2) is 30.3 Å². The predicted molar refractivity (Wildman–Crippen MR) is 69.6 cm³/mol. The van der Waals surface area contributed by atoms with E-state index in [1.807, 2.05) is 44.2 Å². The molecule has 1 aromatic carbocycles. The first-order valence-electron chi connectivity index (χ1n) is 5.93. The Kier molecular flexibility index (Phi) is 5.49. The first-order chi connectivity index (χ1) is 8.15. The van der Waals surface area contributed by atoms with Crippen molar-refractivity contribution < 1.29 is 4.79 Å². The number of hydrogen-bond acceptors (Lipinski definition) is 2. The van der Waals surface area contributed by atoms with E-state index in [2.05, 4.69) is 5.32 Å². The summed E-state index contributed by atoms with van der Waals surface area (Å²) in [4.78, 5) is 13.6. The van der Waals surface area contributed by atoms with Gasteiger partial charge in [0.05, 0.1) is 0 Å². The van der Waals surface area contributed by atoms with Crippen LogP contribution in [0, 0.1) is 0 Å². The lowest BCUT2D eigenvalue weighted by molar-refractivity contribution is 0.184. The molecule has 0 spiro atoms. The van der Waals surface area contributed by atoms with Gasteiger partial charge in [-0.3, -0.25) is 0 Å². The number of nitrogens with zero attached hydrogens (tertiary/aromatic N) is 1. The topological polar surface area (TPSA) is 58.4 Å². The quantitative estimate of drug-likeness (QED) is 0.813. The Bertz CT molecular complexity index is 338. The zero-order chi connectivity index (χ0) is 12.7. The van der Waals surface area contributed by atoms with Crippen molar-refractivity contribution in [2.24, 2.45) is 5.73 Å². The van der Waals surface area contributed by atoms with Crippen LogP contribution in [0.1, 0.15) is 19.4 Å². The summed E-state index contributed by atoms with van der Waals surface area (Å²) in [5.74, 6) is 0. The van der Waals surface area contributed by atoms with Gasteiger partial charge in [-0.1, -0.05) is 30.3 Å². The van der Waals surface area contributed by atoms with Crippen molar-refractivity contribution in [3.63, 3.8) is 0 Å². The second-order valence-electron chi connectivity index (χ2n) is 4.22. The minimum absolute atomic E-state index is 0.0608. The van der Waals surface area contributed by atoms with Crippen LogP contribution in [0.4, 0.5) is 4.79 Å². The molecule has 0 saturated heterocycles. The molecule has 94 valence electrons. The van der Waals surface area contributed by atoms with Crippen molar-refractivity contribution in [1.82, 2.24) is 10.2 Å². The van der Waals surface area contributed by atoms with Crippen LogP contribution in [-0.2, 0) is 6.54 Å². The molecule has 1 aromatic rings. The molecule has 3 N–H and O–H groups in total. The van der Waals surface area contributed by atoms with Gasteiger partial charge in [-0.05, 0) is 19.4 Å². The van der Waals surface area contributed by atoms with Gasteiger partial charge < -0.3 is 16.0 Å². The number of nitrogens with two attached hydrogens (primary N) is 1. The van der Waals surface area contributed by atoms with Crippen molar-refractivity contribution in [2.75, 3.05) is 13.1 Å². The fourth-order valence-corrected chi connectivity index (χ4v) is 1.61. The number of hydrogen-bond donors (Lipinski definition) is 2. The van der Waals surface area contributed by atoms with Crippen LogP contribution in [0.5, 0.6) is 0 Å². The number of amides is 2. The van der Waals surface area contributed by atoms with Gasteiger partial charge in [0, 0.05) is 25.7 Å². The highest BCUT2D eigenvalue weighted by molar-refractivity contribution is 5.74. The van der Waals surface area contributed by atoms with Crippen LogP contribution in [-0.4, -0.2) is 30.1 Å². The molecule has 1 rings (SSSR count). The number of carbonyl (C=O) groups excluding carboxylic acids is 1. The van der Waals surface area contributed by atoms with Gasteiger partial charge in [-0.25, -0.2) is 4.79 Å². The van der Waals surface area contributed by atoms with E-state index >= 15 is 0 Å². The molecule has 4 heteroatoms. The van der Waals surface area contributed by atoms with E-state index < -0.39 is 0 Å². The van der Waals surface area contributed by atoms with Gasteiger partial charge in [0.1, 0.15) is 0 Å². The zero-order valence-electron chi connectivity index (χ0n) is 10.5. The van der Waals surface area contributed by atoms with Crippen molar-refractivity contribution in [3.05, 3.63) is 35.9 Å². The average molecular weight is 235 g/mol. The van der Waals surface area contributed by atoms with E-state index in [0.717, 1.165) is 5.56 Å². The highest BCUT2D eigenvalue weighted by Crippen LogP contribution is 2.01. The summed E-state index contributed by atoms with van der Waals surface area (Å²) >= 11 is 0. The minimum atomic E-state index is -0.0608. The third-order valence-electron chi connectivity index (χ3n) is 2.54. The van der Waals surface area contributed by atoms with Crippen LogP contribution < -0.4 is 11.1 Å². The molecule has 0 aliphatic carbocycles. The van der Waals surface area contributed by atoms with Crippen LogP contribution in [0.25, 0.3) is 0 Å². The summed E-state index contributed by atoms with van der Waals surface area (Å²) in [6, 6.07) is 9.96. The fourth-order valence-electron chi connectivity index (χ4n) is 1.61. The highest BCUT2D eigenvalue weighted by Gasteiger charge is 2.14. The average Bonchev–Trinajstić information content (AvgIpc) is 2.34. The molecular weight excluding hydrogens is 214 g/mol. The Morgan fingerprint density at radius 3 is 2.53 bits per heavy atom. The molecule has 0 unspecified atom stereocenters. The molecule has 0 fully saturated rings. The first-order valence-corrected chi connectivity index (χ1v) is 5.93. The van der Waals surface area contributed by atoms with Crippen LogP contribution >= 0.6 is 0 Å². The molecule has 0 aromatic heterocycles. The number of rotatable bonds is 5. The summed E-state index contributed by atoms with van der Waals surface area (Å²) in [7, 11) is 0. The lowest BCUT2D eigenvalue weighted by Gasteiger charge is -2.26. The molecule has 0 saturated carbocycles. The monoisotopic (exact) mass is 235 g/mol. The SMILES string of the molecule is CC(C)N(CCN)C(=O)NCc1ccccc1. The normalized spacial score (nSPS) is 10.4. The summed E-state index contributed by atoms with van der Waals surface area (Å²) in [6.45, 7) is 5.58. The van der Waals surface area contributed by atoms with Gasteiger partial charge >= 0.3 is 6.03 Å². The van der Waals surface area contributed by atoms with Gasteiger partial charge in [-0.2, -0.15) is 0 Å². The standard InChI is InChI=1S/C13H21N3O/c1-11(2)16(9-8-14)13(17)15-10-12-6-4-3-5-7-12/h3-7,11H,8-10,14H2,1-2H3,(H,15,17). The van der Waals surface area contributed by atoms with Gasteiger partial charge in [0.15, 0.2) is 0 Å². The summed E-state index contributed by atoms with van der Waals surface area (Å²) in [6.07, 6.45) is 0. The summed E-state index contributed by atoms with van der Waals surface area (Å²) in [5.41, 5.74) is 6.59. The van der Waals surface area contributed by atoms with Gasteiger partial charge in [0.25, 0.3) is 0 Å². The molecule has 4 nitrogen and oxygen atoms in total. The molecule has 0 aliphatic rings. The number of benzene rings is 1. The first kappa shape index (κ1) is 13.5. The van der Waals surface area contributed by atoms with E-state index in [1.54, 1.807) is 4.90 Å². The fraction of sp³-hybridized carbons (Fsp3) is 0.462. The third-order valence-corrected chi connectivity index (χ3v) is 2.54. The number of carbonyl (C=O) groups is 1. The molecule has 0 aliphatic heterocycles. The second-order valence-corrected chi connectivity index (χ2v) is 4.22. The lowest BCUT2D eigenvalue weighted by Crippen LogP contribution is -2.45. The Morgan fingerprint density at radius 1 is 1.35 bits per heavy atom. The molecule has 0 heterocycles. The number of nitrogens with one attached hydrogen (secondary N) is 1. The summed E-state index contributed by atoms with van der Waals surface area (Å²) in [5, 5.41) is 2.90. The maximum Gasteiger partial charge on any atom is 0.317 e. The summed E-state index contributed by atoms with van der Waals surface area (Å²) < 4.78 is 0. The van der Waals surface area contributed by atoms with E-state index in [1.165, 1.54) is 0 Å². The molecule has 0 atom stereocenters. The molecular formula is C13H21N3O.